The molecule has 1 amide bonds. The molecule has 3 rings (SSSR count). The second-order valence-electron chi connectivity index (χ2n) is 6.85. The summed E-state index contributed by atoms with van der Waals surface area (Å²) in [4.78, 5) is 16.1. The molecule has 3 aromatic rings. The van der Waals surface area contributed by atoms with Crippen LogP contribution >= 0.6 is 11.6 Å². The van der Waals surface area contributed by atoms with Gasteiger partial charge in [0.2, 0.25) is 0 Å². The van der Waals surface area contributed by atoms with Crippen LogP contribution < -0.4 is 15.4 Å². The summed E-state index contributed by atoms with van der Waals surface area (Å²) >= 11 is 5.84. The first-order valence-electron chi connectivity index (χ1n) is 9.54. The molecular weight excluding hydrogens is 449 g/mol. The number of benzene rings is 1. The van der Waals surface area contributed by atoms with Crippen LogP contribution in [0, 0.1) is 13.8 Å². The van der Waals surface area contributed by atoms with Crippen molar-refractivity contribution < 1.29 is 27.2 Å². The third-order valence-electron chi connectivity index (χ3n) is 4.53. The van der Waals surface area contributed by atoms with Gasteiger partial charge < -0.3 is 19.9 Å². The number of halogens is 4. The zero-order valence-corrected chi connectivity index (χ0v) is 18.0. The number of pyridine rings is 1. The Hall–Kier alpha value is -3.27. The molecular formula is C21H20ClF3N4O3. The molecule has 0 aliphatic heterocycles. The van der Waals surface area contributed by atoms with Crippen molar-refractivity contribution in [1.82, 2.24) is 15.5 Å². The van der Waals surface area contributed by atoms with Gasteiger partial charge in [-0.2, -0.15) is 13.2 Å². The van der Waals surface area contributed by atoms with Gasteiger partial charge in [0.15, 0.2) is 0 Å². The molecule has 7 nitrogen and oxygen atoms in total. The average Bonchev–Trinajstić information content (AvgIpc) is 3.07. The summed E-state index contributed by atoms with van der Waals surface area (Å²) in [6, 6.07) is 7.47. The Bertz CT molecular complexity index is 1080. The van der Waals surface area contributed by atoms with E-state index >= 15 is 0 Å². The van der Waals surface area contributed by atoms with E-state index < -0.39 is 11.7 Å². The number of ether oxygens (including phenoxy) is 1. The van der Waals surface area contributed by atoms with E-state index in [2.05, 4.69) is 20.8 Å². The fourth-order valence-electron chi connectivity index (χ4n) is 2.77. The molecule has 2 aromatic heterocycles. The number of rotatable bonds is 8. The second-order valence-corrected chi connectivity index (χ2v) is 7.26. The number of aryl methyl sites for hydroxylation is 2. The van der Waals surface area contributed by atoms with E-state index in [1.807, 2.05) is 6.92 Å². The fraction of sp³-hybridized carbons (Fsp3) is 0.286. The van der Waals surface area contributed by atoms with Crippen LogP contribution in [0.15, 0.2) is 41.1 Å². The van der Waals surface area contributed by atoms with E-state index in [0.717, 1.165) is 17.3 Å². The number of alkyl halides is 3. The molecule has 0 saturated carbocycles. The molecule has 0 bridgehead atoms. The van der Waals surface area contributed by atoms with E-state index in [0.29, 0.717) is 23.3 Å². The maximum Gasteiger partial charge on any atom is 0.417 e. The number of hydrogen-bond acceptors (Lipinski definition) is 6. The van der Waals surface area contributed by atoms with E-state index in [-0.39, 0.29) is 36.4 Å². The minimum Gasteiger partial charge on any atom is -0.489 e. The monoisotopic (exact) mass is 468 g/mol. The minimum atomic E-state index is -4.52. The number of carbonyl (C=O) groups is 1. The summed E-state index contributed by atoms with van der Waals surface area (Å²) in [6.45, 7) is 4.29. The van der Waals surface area contributed by atoms with Crippen LogP contribution in [0.2, 0.25) is 5.02 Å². The van der Waals surface area contributed by atoms with Gasteiger partial charge in [0, 0.05) is 24.8 Å². The molecule has 32 heavy (non-hydrogen) atoms. The molecule has 0 radical (unpaired) electrons. The van der Waals surface area contributed by atoms with Crippen LogP contribution in [0.4, 0.5) is 19.0 Å². The SMILES string of the molecule is Cc1noc(C)c1COc1cccc(C(=O)NCCNc2ncc(C(F)(F)F)cc2Cl)c1. The molecule has 170 valence electrons. The van der Waals surface area contributed by atoms with Crippen molar-refractivity contribution in [2.75, 3.05) is 18.4 Å². The summed E-state index contributed by atoms with van der Waals surface area (Å²) < 4.78 is 48.8. The Morgan fingerprint density at radius 2 is 2.00 bits per heavy atom. The molecule has 0 fully saturated rings. The van der Waals surface area contributed by atoms with Crippen molar-refractivity contribution in [3.8, 4) is 5.75 Å². The number of aromatic nitrogens is 2. The summed E-state index contributed by atoms with van der Waals surface area (Å²) in [6.07, 6.45) is -3.82. The highest BCUT2D eigenvalue weighted by Gasteiger charge is 2.31. The minimum absolute atomic E-state index is 0.101. The number of nitrogens with zero attached hydrogens (tertiary/aromatic N) is 2. The predicted molar refractivity (Wildman–Crippen MR) is 112 cm³/mol. The lowest BCUT2D eigenvalue weighted by atomic mass is 10.2. The van der Waals surface area contributed by atoms with Gasteiger partial charge in [-0.1, -0.05) is 22.8 Å². The highest BCUT2D eigenvalue weighted by Crippen LogP contribution is 2.32. The van der Waals surface area contributed by atoms with E-state index in [4.69, 9.17) is 20.9 Å². The number of anilines is 1. The zero-order chi connectivity index (χ0) is 23.3. The Kier molecular flexibility index (Phi) is 7.24. The molecule has 0 saturated heterocycles. The molecule has 1 aromatic carbocycles. The Balaban J connectivity index is 1.50. The molecule has 0 unspecified atom stereocenters. The number of carbonyl (C=O) groups excluding carboxylic acids is 1. The maximum atomic E-state index is 12.7. The van der Waals surface area contributed by atoms with Crippen molar-refractivity contribution in [1.29, 1.82) is 0 Å². The van der Waals surface area contributed by atoms with E-state index in [9.17, 15) is 18.0 Å². The smallest absolute Gasteiger partial charge is 0.417 e. The molecule has 0 aliphatic carbocycles. The van der Waals surface area contributed by atoms with Crippen LogP contribution in [0.1, 0.15) is 32.9 Å². The molecule has 0 aliphatic rings. The van der Waals surface area contributed by atoms with Crippen molar-refractivity contribution in [3.05, 3.63) is 69.7 Å². The number of hydrogen-bond donors (Lipinski definition) is 2. The number of nitrogens with one attached hydrogen (secondary N) is 2. The van der Waals surface area contributed by atoms with Gasteiger partial charge in [-0.3, -0.25) is 4.79 Å². The second kappa shape index (κ2) is 9.90. The molecule has 11 heteroatoms. The van der Waals surface area contributed by atoms with E-state index in [1.54, 1.807) is 31.2 Å². The normalized spacial score (nSPS) is 11.3. The third kappa shape index (κ3) is 5.91. The van der Waals surface area contributed by atoms with Crippen molar-refractivity contribution in [2.45, 2.75) is 26.6 Å². The third-order valence-corrected chi connectivity index (χ3v) is 4.82. The van der Waals surface area contributed by atoms with Crippen molar-refractivity contribution in [3.63, 3.8) is 0 Å². The molecule has 2 N–H and O–H groups in total. The van der Waals surface area contributed by atoms with Crippen LogP contribution in [0.5, 0.6) is 5.75 Å². The first-order chi connectivity index (χ1) is 15.1. The highest BCUT2D eigenvalue weighted by atomic mass is 35.5. The van der Waals surface area contributed by atoms with Gasteiger partial charge in [0.25, 0.3) is 5.91 Å². The standard InChI is InChI=1S/C21H20ClF3N4O3/c1-12-17(13(2)32-29-12)11-31-16-5-3-4-14(8-16)20(30)27-7-6-26-19-18(22)9-15(10-28-19)21(23,24)25/h3-5,8-10H,6-7,11H2,1-2H3,(H,26,28)(H,27,30). The Morgan fingerprint density at radius 1 is 1.22 bits per heavy atom. The zero-order valence-electron chi connectivity index (χ0n) is 17.2. The number of amides is 1. The maximum absolute atomic E-state index is 12.7. The van der Waals surface area contributed by atoms with Crippen molar-refractivity contribution >= 4 is 23.3 Å². The lowest BCUT2D eigenvalue weighted by Gasteiger charge is -2.11. The topological polar surface area (TPSA) is 89.3 Å². The van der Waals surface area contributed by atoms with Crippen LogP contribution in [0.3, 0.4) is 0 Å². The van der Waals surface area contributed by atoms with Crippen LogP contribution in [-0.4, -0.2) is 29.1 Å². The highest BCUT2D eigenvalue weighted by molar-refractivity contribution is 6.32. The van der Waals surface area contributed by atoms with Crippen LogP contribution in [0.25, 0.3) is 0 Å². The lowest BCUT2D eigenvalue weighted by Crippen LogP contribution is -2.29. The Labute approximate surface area is 186 Å². The average molecular weight is 469 g/mol. The van der Waals surface area contributed by atoms with Gasteiger partial charge in [0.05, 0.1) is 21.8 Å². The van der Waals surface area contributed by atoms with Crippen molar-refractivity contribution in [2.24, 2.45) is 0 Å². The summed E-state index contributed by atoms with van der Waals surface area (Å²) in [5.41, 5.74) is 1.05. The quantitative estimate of drug-likeness (QED) is 0.462. The Morgan fingerprint density at radius 3 is 2.66 bits per heavy atom. The molecule has 0 spiro atoms. The fourth-order valence-corrected chi connectivity index (χ4v) is 3.01. The van der Waals surface area contributed by atoms with Crippen LogP contribution in [-0.2, 0) is 12.8 Å². The van der Waals surface area contributed by atoms with Gasteiger partial charge >= 0.3 is 6.18 Å². The van der Waals surface area contributed by atoms with Gasteiger partial charge in [-0.15, -0.1) is 0 Å². The lowest BCUT2D eigenvalue weighted by molar-refractivity contribution is -0.137. The van der Waals surface area contributed by atoms with Gasteiger partial charge in [-0.25, -0.2) is 4.98 Å². The summed E-state index contributed by atoms with van der Waals surface area (Å²) in [7, 11) is 0. The molecule has 2 heterocycles. The summed E-state index contributed by atoms with van der Waals surface area (Å²) in [5, 5.41) is 9.21. The first kappa shape index (κ1) is 23.4. The van der Waals surface area contributed by atoms with E-state index in [1.165, 1.54) is 0 Å². The van der Waals surface area contributed by atoms with Gasteiger partial charge in [-0.05, 0) is 38.1 Å². The molecule has 0 atom stereocenters. The predicted octanol–water partition coefficient (Wildman–Crippen LogP) is 4.78. The summed E-state index contributed by atoms with van der Waals surface area (Å²) in [5.74, 6) is 0.952. The van der Waals surface area contributed by atoms with Gasteiger partial charge in [0.1, 0.15) is 23.9 Å². The largest absolute Gasteiger partial charge is 0.489 e. The first-order valence-corrected chi connectivity index (χ1v) is 9.92.